The van der Waals surface area contributed by atoms with Crippen LogP contribution in [-0.4, -0.2) is 34.5 Å². The number of rotatable bonds is 9. The summed E-state index contributed by atoms with van der Waals surface area (Å²) in [5, 5.41) is 0. The van der Waals surface area contributed by atoms with Gasteiger partial charge in [0, 0.05) is 18.9 Å². The monoisotopic (exact) mass is 460 g/mol. The lowest BCUT2D eigenvalue weighted by atomic mass is 9.98. The molecule has 0 spiro atoms. The number of anilines is 1. The molecule has 32 heavy (non-hydrogen) atoms. The van der Waals surface area contributed by atoms with E-state index in [-0.39, 0.29) is 46.9 Å². The van der Waals surface area contributed by atoms with Crippen LogP contribution < -0.4 is 19.1 Å². The number of methoxy groups -OCH3 is 2. The number of benzene rings is 2. The number of sulfonamides is 1. The number of carbonyl (C=O) groups is 2. The maximum atomic E-state index is 13.3. The van der Waals surface area contributed by atoms with Crippen molar-refractivity contribution in [2.75, 3.05) is 19.1 Å². The van der Waals surface area contributed by atoms with E-state index in [1.165, 1.54) is 25.3 Å². The van der Waals surface area contributed by atoms with E-state index in [1.54, 1.807) is 19.2 Å². The molecule has 1 saturated heterocycles. The van der Waals surface area contributed by atoms with Gasteiger partial charge in [0.15, 0.2) is 0 Å². The van der Waals surface area contributed by atoms with Gasteiger partial charge < -0.3 is 9.47 Å². The highest BCUT2D eigenvalue weighted by Crippen LogP contribution is 2.35. The van der Waals surface area contributed by atoms with Crippen molar-refractivity contribution in [1.29, 1.82) is 0 Å². The van der Waals surface area contributed by atoms with Gasteiger partial charge in [0.1, 0.15) is 11.5 Å². The lowest BCUT2D eigenvalue weighted by Gasteiger charge is -2.22. The SMILES string of the molecule is COc1ccc([C@H](CC(C)C)NS(=O)(=O)c2ccc(OC)c(N3C(=O)CCC3=O)c2)cc1. The Morgan fingerprint density at radius 2 is 1.59 bits per heavy atom. The third-order valence-corrected chi connectivity index (χ3v) is 6.75. The second-order valence-electron chi connectivity index (χ2n) is 8.03. The Balaban J connectivity index is 1.96. The second-order valence-corrected chi connectivity index (χ2v) is 9.75. The average molecular weight is 461 g/mol. The van der Waals surface area contributed by atoms with Crippen LogP contribution in [0.3, 0.4) is 0 Å². The third-order valence-electron chi connectivity index (χ3n) is 5.28. The molecular formula is C23H28N2O6S. The molecule has 9 heteroatoms. The van der Waals surface area contributed by atoms with Gasteiger partial charge in [-0.25, -0.2) is 18.0 Å². The summed E-state index contributed by atoms with van der Waals surface area (Å²) in [6.45, 7) is 4.03. The van der Waals surface area contributed by atoms with Crippen molar-refractivity contribution in [3.05, 3.63) is 48.0 Å². The van der Waals surface area contributed by atoms with Crippen molar-refractivity contribution in [2.24, 2.45) is 5.92 Å². The van der Waals surface area contributed by atoms with Gasteiger partial charge >= 0.3 is 0 Å². The van der Waals surface area contributed by atoms with Crippen LogP contribution in [0.15, 0.2) is 47.4 Å². The number of hydrogen-bond acceptors (Lipinski definition) is 6. The van der Waals surface area contributed by atoms with Crippen LogP contribution in [0.4, 0.5) is 5.69 Å². The molecule has 8 nitrogen and oxygen atoms in total. The lowest BCUT2D eigenvalue weighted by Crippen LogP contribution is -2.31. The Morgan fingerprint density at radius 3 is 2.12 bits per heavy atom. The molecule has 1 N–H and O–H groups in total. The van der Waals surface area contributed by atoms with Gasteiger partial charge in [-0.2, -0.15) is 0 Å². The third kappa shape index (κ3) is 5.11. The standard InChI is InChI=1S/C23H28N2O6S/c1-15(2)13-19(16-5-7-17(30-3)8-6-16)24-32(28,29)18-9-10-21(31-4)20(14-18)25-22(26)11-12-23(25)27/h5-10,14-15,19,24H,11-13H2,1-4H3/t19-/m0/s1. The molecule has 1 aliphatic heterocycles. The summed E-state index contributed by atoms with van der Waals surface area (Å²) in [5.74, 6) is 0.399. The summed E-state index contributed by atoms with van der Waals surface area (Å²) in [7, 11) is -0.996. The van der Waals surface area contributed by atoms with Crippen LogP contribution in [0.2, 0.25) is 0 Å². The van der Waals surface area contributed by atoms with Crippen LogP contribution in [-0.2, 0) is 19.6 Å². The van der Waals surface area contributed by atoms with E-state index < -0.39 is 16.1 Å². The molecule has 2 aromatic carbocycles. The molecule has 0 aromatic heterocycles. The van der Waals surface area contributed by atoms with E-state index >= 15 is 0 Å². The molecule has 3 rings (SSSR count). The zero-order valence-electron chi connectivity index (χ0n) is 18.6. The van der Waals surface area contributed by atoms with E-state index in [0.29, 0.717) is 12.2 Å². The number of nitrogens with one attached hydrogen (secondary N) is 1. The topological polar surface area (TPSA) is 102 Å². The van der Waals surface area contributed by atoms with Crippen molar-refractivity contribution in [3.63, 3.8) is 0 Å². The number of hydrogen-bond donors (Lipinski definition) is 1. The van der Waals surface area contributed by atoms with Crippen LogP contribution in [0, 0.1) is 5.92 Å². The van der Waals surface area contributed by atoms with Gasteiger partial charge in [-0.05, 0) is 48.2 Å². The van der Waals surface area contributed by atoms with E-state index in [9.17, 15) is 18.0 Å². The van der Waals surface area contributed by atoms with Crippen LogP contribution in [0.25, 0.3) is 0 Å². The highest BCUT2D eigenvalue weighted by atomic mass is 32.2. The van der Waals surface area contributed by atoms with E-state index in [2.05, 4.69) is 4.72 Å². The first kappa shape index (κ1) is 23.7. The van der Waals surface area contributed by atoms with Crippen molar-refractivity contribution < 1.29 is 27.5 Å². The normalized spacial score (nSPS) is 15.3. The molecule has 0 unspecified atom stereocenters. The molecule has 2 amide bonds. The van der Waals surface area contributed by atoms with Gasteiger partial charge in [0.25, 0.3) is 0 Å². The predicted octanol–water partition coefficient (Wildman–Crippen LogP) is 3.42. The molecule has 172 valence electrons. The smallest absolute Gasteiger partial charge is 0.241 e. The highest BCUT2D eigenvalue weighted by molar-refractivity contribution is 7.89. The first-order valence-corrected chi connectivity index (χ1v) is 11.8. The van der Waals surface area contributed by atoms with Gasteiger partial charge in [0.2, 0.25) is 21.8 Å². The molecular weight excluding hydrogens is 432 g/mol. The average Bonchev–Trinajstić information content (AvgIpc) is 3.10. The summed E-state index contributed by atoms with van der Waals surface area (Å²) in [4.78, 5) is 25.4. The van der Waals surface area contributed by atoms with Crippen LogP contribution >= 0.6 is 0 Å². The predicted molar refractivity (Wildman–Crippen MR) is 120 cm³/mol. The van der Waals surface area contributed by atoms with Crippen molar-refractivity contribution in [2.45, 2.75) is 44.0 Å². The quantitative estimate of drug-likeness (QED) is 0.576. The minimum Gasteiger partial charge on any atom is -0.497 e. The highest BCUT2D eigenvalue weighted by Gasteiger charge is 2.33. The maximum absolute atomic E-state index is 13.3. The fraction of sp³-hybridized carbons (Fsp3) is 0.391. The van der Waals surface area contributed by atoms with Crippen molar-refractivity contribution >= 4 is 27.5 Å². The molecule has 1 fully saturated rings. The van der Waals surface area contributed by atoms with Gasteiger partial charge in [-0.3, -0.25) is 9.59 Å². The number of amides is 2. The number of ether oxygens (including phenoxy) is 2. The molecule has 0 aliphatic carbocycles. The summed E-state index contributed by atoms with van der Waals surface area (Å²) in [5.41, 5.74) is 0.939. The summed E-state index contributed by atoms with van der Waals surface area (Å²) in [6.07, 6.45) is 0.758. The van der Waals surface area contributed by atoms with Crippen LogP contribution in [0.5, 0.6) is 11.5 Å². The van der Waals surface area contributed by atoms with Crippen molar-refractivity contribution in [3.8, 4) is 11.5 Å². The minimum atomic E-state index is -3.97. The largest absolute Gasteiger partial charge is 0.497 e. The molecule has 2 aromatic rings. The van der Waals surface area contributed by atoms with E-state index in [1.807, 2.05) is 26.0 Å². The first-order valence-electron chi connectivity index (χ1n) is 10.4. The zero-order chi connectivity index (χ0) is 23.5. The maximum Gasteiger partial charge on any atom is 0.241 e. The Kier molecular flexibility index (Phi) is 7.20. The summed E-state index contributed by atoms with van der Waals surface area (Å²) >= 11 is 0. The second kappa shape index (κ2) is 9.70. The van der Waals surface area contributed by atoms with E-state index in [0.717, 1.165) is 10.5 Å². The van der Waals surface area contributed by atoms with Gasteiger partial charge in [-0.1, -0.05) is 26.0 Å². The van der Waals surface area contributed by atoms with Crippen molar-refractivity contribution in [1.82, 2.24) is 4.72 Å². The zero-order valence-corrected chi connectivity index (χ0v) is 19.4. The van der Waals surface area contributed by atoms with Gasteiger partial charge in [0.05, 0.1) is 24.8 Å². The molecule has 1 heterocycles. The Hall–Kier alpha value is -2.91. The Labute approximate surface area is 188 Å². The summed E-state index contributed by atoms with van der Waals surface area (Å²) in [6, 6.07) is 10.9. The Morgan fingerprint density at radius 1 is 0.969 bits per heavy atom. The van der Waals surface area contributed by atoms with E-state index in [4.69, 9.17) is 9.47 Å². The molecule has 1 aliphatic rings. The fourth-order valence-electron chi connectivity index (χ4n) is 3.67. The minimum absolute atomic E-state index is 0.0527. The number of carbonyl (C=O) groups excluding carboxylic acids is 2. The van der Waals surface area contributed by atoms with Gasteiger partial charge in [-0.15, -0.1) is 0 Å². The molecule has 0 saturated carbocycles. The fourth-order valence-corrected chi connectivity index (χ4v) is 4.93. The molecule has 1 atom stereocenters. The molecule has 0 bridgehead atoms. The Bertz CT molecular complexity index is 1080. The number of nitrogens with zero attached hydrogens (tertiary/aromatic N) is 1. The number of imide groups is 1. The summed E-state index contributed by atoms with van der Waals surface area (Å²) < 4.78 is 39.8. The first-order chi connectivity index (χ1) is 15.2. The van der Waals surface area contributed by atoms with Crippen LogP contribution in [0.1, 0.15) is 44.7 Å². The lowest BCUT2D eigenvalue weighted by molar-refractivity contribution is -0.121. The molecule has 0 radical (unpaired) electrons.